The smallest absolute Gasteiger partial charge is 0.319 e. The Morgan fingerprint density at radius 3 is 2.07 bits per heavy atom. The van der Waals surface area contributed by atoms with Crippen LogP contribution in [-0.4, -0.2) is 41.4 Å². The van der Waals surface area contributed by atoms with Gasteiger partial charge in [0.05, 0.1) is 5.00 Å². The van der Waals surface area contributed by atoms with Crippen molar-refractivity contribution in [2.45, 2.75) is 85.7 Å². The summed E-state index contributed by atoms with van der Waals surface area (Å²) in [6.07, 6.45) is 14.2. The van der Waals surface area contributed by atoms with E-state index in [9.17, 15) is 13.2 Å². The summed E-state index contributed by atoms with van der Waals surface area (Å²) in [4.78, 5) is 23.1. The molecule has 0 unspecified atom stereocenters. The van der Waals surface area contributed by atoms with E-state index in [1.807, 2.05) is 0 Å². The number of anilines is 1. The van der Waals surface area contributed by atoms with Gasteiger partial charge >= 0.3 is 6.03 Å². The average molecular weight is 449 g/mol. The monoisotopic (exact) mass is 448 g/mol. The fraction of sp³-hybridized carbons (Fsp3) is 0.571. The number of hydrogen-bond donors (Lipinski definition) is 1. The maximum Gasteiger partial charge on any atom is 0.322 e. The molecule has 162 valence electrons. The fourth-order valence-corrected chi connectivity index (χ4v) is 6.95. The molecule has 0 aliphatic heterocycles. The van der Waals surface area contributed by atoms with Gasteiger partial charge < -0.3 is 4.90 Å². The van der Waals surface area contributed by atoms with Crippen LogP contribution in [0, 0.1) is 0 Å². The molecular formula is C21H28N4O3S2. The third kappa shape index (κ3) is 4.67. The number of thiophene rings is 1. The van der Waals surface area contributed by atoms with Crippen LogP contribution in [0.4, 0.5) is 9.80 Å². The molecule has 2 aliphatic rings. The largest absolute Gasteiger partial charge is 0.322 e. The first-order valence-corrected chi connectivity index (χ1v) is 13.1. The summed E-state index contributed by atoms with van der Waals surface area (Å²) in [6, 6.07) is 5.20. The van der Waals surface area contributed by atoms with Gasteiger partial charge in [0, 0.05) is 24.5 Å². The average Bonchev–Trinajstić information content (AvgIpc) is 3.25. The topological polar surface area (TPSA) is 92.3 Å². The molecule has 2 saturated carbocycles. The molecule has 1 N–H and O–H groups in total. The molecule has 9 heteroatoms. The minimum atomic E-state index is -3.78. The lowest BCUT2D eigenvalue weighted by molar-refractivity contribution is 0.114. The van der Waals surface area contributed by atoms with Crippen LogP contribution in [0.1, 0.15) is 64.2 Å². The minimum Gasteiger partial charge on any atom is -0.319 e. The molecule has 30 heavy (non-hydrogen) atoms. The quantitative estimate of drug-likeness (QED) is 0.659. The lowest BCUT2D eigenvalue weighted by Gasteiger charge is -2.41. The second-order valence-corrected chi connectivity index (χ2v) is 11.2. The number of amides is 2. The summed E-state index contributed by atoms with van der Waals surface area (Å²) in [5, 5.41) is 3.29. The van der Waals surface area contributed by atoms with E-state index in [0.717, 1.165) is 37.0 Å². The van der Waals surface area contributed by atoms with Crippen molar-refractivity contribution in [3.8, 4) is 0 Å². The van der Waals surface area contributed by atoms with Gasteiger partial charge in [-0.3, -0.25) is 5.32 Å². The molecule has 2 aromatic rings. The van der Waals surface area contributed by atoms with Crippen LogP contribution in [0.3, 0.4) is 0 Å². The summed E-state index contributed by atoms with van der Waals surface area (Å²) in [5.41, 5.74) is 0. The van der Waals surface area contributed by atoms with E-state index in [4.69, 9.17) is 0 Å². The number of carbonyl (C=O) groups excluding carboxylic acids is 1. The molecule has 0 bridgehead atoms. The Bertz CT molecular complexity index is 932. The Kier molecular flexibility index (Phi) is 6.67. The van der Waals surface area contributed by atoms with Crippen LogP contribution in [0.2, 0.25) is 0 Å². The molecular weight excluding hydrogens is 420 g/mol. The van der Waals surface area contributed by atoms with Gasteiger partial charge in [-0.15, -0.1) is 11.3 Å². The highest BCUT2D eigenvalue weighted by Crippen LogP contribution is 2.33. The van der Waals surface area contributed by atoms with E-state index < -0.39 is 9.84 Å². The molecule has 4 rings (SSSR count). The lowest BCUT2D eigenvalue weighted by Crippen LogP contribution is -2.50. The summed E-state index contributed by atoms with van der Waals surface area (Å²) in [7, 11) is -3.78. The Labute approximate surface area is 181 Å². The third-order valence-electron chi connectivity index (χ3n) is 6.03. The van der Waals surface area contributed by atoms with E-state index >= 15 is 0 Å². The zero-order chi connectivity index (χ0) is 21.0. The van der Waals surface area contributed by atoms with Crippen molar-refractivity contribution in [1.82, 2.24) is 14.9 Å². The maximum absolute atomic E-state index is 13.3. The highest BCUT2D eigenvalue weighted by molar-refractivity contribution is 7.93. The van der Waals surface area contributed by atoms with Crippen molar-refractivity contribution in [3.05, 3.63) is 30.6 Å². The maximum atomic E-state index is 13.3. The number of nitrogens with one attached hydrogen (secondary N) is 1. The molecule has 2 fully saturated rings. The molecule has 7 nitrogen and oxygen atoms in total. The first kappa shape index (κ1) is 21.2. The van der Waals surface area contributed by atoms with Gasteiger partial charge in [0.25, 0.3) is 15.0 Å². The zero-order valence-corrected chi connectivity index (χ0v) is 18.6. The van der Waals surface area contributed by atoms with Crippen LogP contribution < -0.4 is 5.32 Å². The molecule has 0 atom stereocenters. The van der Waals surface area contributed by atoms with Gasteiger partial charge in [-0.25, -0.2) is 23.2 Å². The van der Waals surface area contributed by atoms with Gasteiger partial charge in [0.15, 0.2) is 0 Å². The number of carbonyl (C=O) groups is 1. The van der Waals surface area contributed by atoms with Crippen molar-refractivity contribution in [2.24, 2.45) is 0 Å². The second-order valence-electron chi connectivity index (χ2n) is 8.07. The van der Waals surface area contributed by atoms with E-state index in [1.165, 1.54) is 57.0 Å². The zero-order valence-electron chi connectivity index (χ0n) is 17.0. The number of hydrogen-bond acceptors (Lipinski definition) is 6. The summed E-state index contributed by atoms with van der Waals surface area (Å²) in [5.74, 6) is 0. The van der Waals surface area contributed by atoms with Crippen molar-refractivity contribution in [1.29, 1.82) is 0 Å². The molecule has 2 aliphatic carbocycles. The van der Waals surface area contributed by atoms with Crippen LogP contribution >= 0.6 is 11.3 Å². The first-order chi connectivity index (χ1) is 14.6. The molecule has 0 saturated heterocycles. The van der Waals surface area contributed by atoms with Gasteiger partial charge in [0.1, 0.15) is 4.21 Å². The fourth-order valence-electron chi connectivity index (χ4n) is 4.56. The number of urea groups is 1. The Balaban J connectivity index is 1.51. The van der Waals surface area contributed by atoms with Crippen LogP contribution in [0.25, 0.3) is 0 Å². The van der Waals surface area contributed by atoms with Gasteiger partial charge in [-0.05, 0) is 43.9 Å². The molecule has 2 amide bonds. The predicted molar refractivity (Wildman–Crippen MR) is 116 cm³/mol. The highest BCUT2D eigenvalue weighted by atomic mass is 32.2. The highest BCUT2D eigenvalue weighted by Gasteiger charge is 2.33. The Morgan fingerprint density at radius 1 is 0.933 bits per heavy atom. The standard InChI is InChI=1S/C21H28N4O3S2/c26-21(25(16-8-3-1-4-9-16)17-10-5-2-6-11-17)24-18-12-13-19(29-18)30(27,28)20-22-14-7-15-23-20/h7,12-17H,1-6,8-11H2,(H,24,26). The number of rotatable bonds is 5. The van der Waals surface area contributed by atoms with Crippen LogP contribution in [0.15, 0.2) is 40.0 Å². The Hall–Kier alpha value is -2.00. The summed E-state index contributed by atoms with van der Waals surface area (Å²) in [6.45, 7) is 0. The number of aromatic nitrogens is 2. The van der Waals surface area contributed by atoms with Gasteiger partial charge in [0.2, 0.25) is 0 Å². The van der Waals surface area contributed by atoms with Crippen LogP contribution in [-0.2, 0) is 9.84 Å². The van der Waals surface area contributed by atoms with Gasteiger partial charge in [-0.1, -0.05) is 38.5 Å². The van der Waals surface area contributed by atoms with Crippen LogP contribution in [0.5, 0.6) is 0 Å². The first-order valence-electron chi connectivity index (χ1n) is 10.8. The van der Waals surface area contributed by atoms with E-state index in [-0.39, 0.29) is 27.5 Å². The van der Waals surface area contributed by atoms with Gasteiger partial charge in [-0.2, -0.15) is 0 Å². The van der Waals surface area contributed by atoms with Crippen molar-refractivity contribution in [2.75, 3.05) is 5.32 Å². The molecule has 0 aromatic carbocycles. The normalized spacial score (nSPS) is 18.8. The number of nitrogens with zero attached hydrogens (tertiary/aromatic N) is 3. The van der Waals surface area contributed by atoms with E-state index in [1.54, 1.807) is 12.1 Å². The third-order valence-corrected chi connectivity index (χ3v) is 9.09. The summed E-state index contributed by atoms with van der Waals surface area (Å²) >= 11 is 1.05. The van der Waals surface area contributed by atoms with E-state index in [2.05, 4.69) is 20.2 Å². The molecule has 0 radical (unpaired) electrons. The number of sulfone groups is 1. The second kappa shape index (κ2) is 9.43. The predicted octanol–water partition coefficient (Wildman–Crippen LogP) is 4.87. The molecule has 2 aromatic heterocycles. The molecule has 0 spiro atoms. The SMILES string of the molecule is O=C(Nc1ccc(S(=O)(=O)c2ncccn2)s1)N(C1CCCCC1)C1CCCCC1. The van der Waals surface area contributed by atoms with E-state index in [0.29, 0.717) is 5.00 Å². The van der Waals surface area contributed by atoms with Crippen molar-refractivity contribution < 1.29 is 13.2 Å². The molecule has 2 heterocycles. The Morgan fingerprint density at radius 2 is 1.50 bits per heavy atom. The van der Waals surface area contributed by atoms with Crippen molar-refractivity contribution >= 4 is 32.2 Å². The summed E-state index contributed by atoms with van der Waals surface area (Å²) < 4.78 is 25.6. The lowest BCUT2D eigenvalue weighted by atomic mass is 9.89. The minimum absolute atomic E-state index is 0.101. The van der Waals surface area contributed by atoms with Crippen molar-refractivity contribution in [3.63, 3.8) is 0 Å².